The van der Waals surface area contributed by atoms with Crippen LogP contribution in [0.25, 0.3) is 0 Å². The van der Waals surface area contributed by atoms with Gasteiger partial charge >= 0.3 is 0 Å². The van der Waals surface area contributed by atoms with Gasteiger partial charge in [0.25, 0.3) is 0 Å². The molecule has 0 saturated carbocycles. The van der Waals surface area contributed by atoms with Crippen LogP contribution in [0, 0.1) is 0 Å². The van der Waals surface area contributed by atoms with Crippen LogP contribution in [0.5, 0.6) is 0 Å². The van der Waals surface area contributed by atoms with Crippen LogP contribution < -0.4 is 0 Å². The summed E-state index contributed by atoms with van der Waals surface area (Å²) in [7, 11) is 0. The van der Waals surface area contributed by atoms with E-state index in [0.717, 1.165) is 19.6 Å². The van der Waals surface area contributed by atoms with Crippen LogP contribution in [0.1, 0.15) is 21.5 Å². The Morgan fingerprint density at radius 2 is 1.74 bits per heavy atom. The van der Waals surface area contributed by atoms with Gasteiger partial charge in [-0.1, -0.05) is 53.5 Å². The van der Waals surface area contributed by atoms with Crippen molar-refractivity contribution in [1.29, 1.82) is 0 Å². The lowest BCUT2D eigenvalue weighted by Crippen LogP contribution is -2.31. The fraction of sp³-hybridized carbons (Fsp3) is 0.278. The van der Waals surface area contributed by atoms with E-state index < -0.39 is 0 Å². The van der Waals surface area contributed by atoms with Gasteiger partial charge in [-0.15, -0.1) is 0 Å². The largest absolute Gasteiger partial charge is 0.297 e. The molecule has 1 aliphatic rings. The highest BCUT2D eigenvalue weighted by atomic mass is 35.5. The molecule has 2 aromatic carbocycles. The Kier molecular flexibility index (Phi) is 5.65. The molecular formula is C18H17Cl2NOS. The highest BCUT2D eigenvalue weighted by Gasteiger charge is 2.15. The predicted molar refractivity (Wildman–Crippen MR) is 98.9 cm³/mol. The van der Waals surface area contributed by atoms with Gasteiger partial charge in [-0.25, -0.2) is 0 Å². The zero-order valence-corrected chi connectivity index (χ0v) is 14.9. The average molecular weight is 366 g/mol. The lowest BCUT2D eigenvalue weighted by molar-refractivity contribution is 0.103. The van der Waals surface area contributed by atoms with E-state index in [9.17, 15) is 4.79 Å². The summed E-state index contributed by atoms with van der Waals surface area (Å²) in [5.74, 6) is 2.30. The first-order valence-corrected chi connectivity index (χ1v) is 9.44. The maximum Gasteiger partial charge on any atom is 0.194 e. The molecule has 5 heteroatoms. The highest BCUT2D eigenvalue weighted by molar-refractivity contribution is 7.99. The molecule has 0 amide bonds. The number of halogens is 2. The van der Waals surface area contributed by atoms with Crippen LogP contribution in [0.4, 0.5) is 0 Å². The molecule has 0 radical (unpaired) electrons. The molecule has 120 valence electrons. The van der Waals surface area contributed by atoms with Crippen molar-refractivity contribution in [2.45, 2.75) is 6.54 Å². The second-order valence-corrected chi connectivity index (χ2v) is 7.53. The number of rotatable bonds is 4. The third-order valence-corrected chi connectivity index (χ3v) is 5.68. The lowest BCUT2D eigenvalue weighted by atomic mass is 10.0. The van der Waals surface area contributed by atoms with Crippen molar-refractivity contribution in [2.24, 2.45) is 0 Å². The van der Waals surface area contributed by atoms with Crippen LogP contribution in [0.3, 0.4) is 0 Å². The van der Waals surface area contributed by atoms with Gasteiger partial charge in [-0.2, -0.15) is 11.8 Å². The Morgan fingerprint density at radius 1 is 1.04 bits per heavy atom. The average Bonchev–Trinajstić information content (AvgIpc) is 2.58. The number of hydrogen-bond acceptors (Lipinski definition) is 3. The molecule has 3 rings (SSSR count). The third kappa shape index (κ3) is 4.10. The summed E-state index contributed by atoms with van der Waals surface area (Å²) in [6.45, 7) is 3.19. The first-order chi connectivity index (χ1) is 11.1. The maximum absolute atomic E-state index is 12.6. The van der Waals surface area contributed by atoms with Crippen LogP contribution in [-0.4, -0.2) is 35.3 Å². The SMILES string of the molecule is O=C(c1ccc(CN2CCSCC2)cc1)c1cccc(Cl)c1Cl. The molecule has 0 bridgehead atoms. The number of thioether (sulfide) groups is 1. The Hall–Kier alpha value is -1.000. The van der Waals surface area contributed by atoms with Gasteiger partial charge < -0.3 is 0 Å². The molecule has 2 nitrogen and oxygen atoms in total. The number of nitrogens with zero attached hydrogens (tertiary/aromatic N) is 1. The van der Waals surface area contributed by atoms with Gasteiger partial charge in [-0.3, -0.25) is 9.69 Å². The fourth-order valence-corrected chi connectivity index (χ4v) is 3.98. The standard InChI is InChI=1S/C18H17Cl2NOS/c19-16-3-1-2-15(17(16)20)18(22)14-6-4-13(5-7-14)12-21-8-10-23-11-9-21/h1-7H,8-12H2. The van der Waals surface area contributed by atoms with Crippen molar-refractivity contribution in [3.05, 3.63) is 69.2 Å². The number of hydrogen-bond donors (Lipinski definition) is 0. The van der Waals surface area contributed by atoms with E-state index in [4.69, 9.17) is 23.2 Å². The van der Waals surface area contributed by atoms with Gasteiger partial charge in [0.2, 0.25) is 0 Å². The van der Waals surface area contributed by atoms with Crippen molar-refractivity contribution in [1.82, 2.24) is 4.90 Å². The van der Waals surface area contributed by atoms with E-state index in [1.54, 1.807) is 18.2 Å². The second-order valence-electron chi connectivity index (χ2n) is 5.52. The van der Waals surface area contributed by atoms with Crippen molar-refractivity contribution in [3.63, 3.8) is 0 Å². The molecule has 0 atom stereocenters. The molecule has 1 heterocycles. The smallest absolute Gasteiger partial charge is 0.194 e. The molecule has 1 fully saturated rings. The molecule has 1 aliphatic heterocycles. The van der Waals surface area contributed by atoms with E-state index in [2.05, 4.69) is 4.90 Å². The van der Waals surface area contributed by atoms with Crippen molar-refractivity contribution in [3.8, 4) is 0 Å². The molecular weight excluding hydrogens is 349 g/mol. The van der Waals surface area contributed by atoms with Crippen LogP contribution >= 0.6 is 35.0 Å². The minimum Gasteiger partial charge on any atom is -0.297 e. The van der Waals surface area contributed by atoms with Gasteiger partial charge in [0.05, 0.1) is 10.0 Å². The first kappa shape index (κ1) is 16.8. The zero-order valence-electron chi connectivity index (χ0n) is 12.6. The number of carbonyl (C=O) groups excluding carboxylic acids is 1. The fourth-order valence-electron chi connectivity index (χ4n) is 2.61. The number of ketones is 1. The summed E-state index contributed by atoms with van der Waals surface area (Å²) in [6.07, 6.45) is 0. The van der Waals surface area contributed by atoms with E-state index in [0.29, 0.717) is 21.2 Å². The van der Waals surface area contributed by atoms with Crippen molar-refractivity contribution >= 4 is 40.7 Å². The van der Waals surface area contributed by atoms with Crippen molar-refractivity contribution < 1.29 is 4.79 Å². The Morgan fingerprint density at radius 3 is 2.43 bits per heavy atom. The van der Waals surface area contributed by atoms with Gasteiger partial charge in [0.15, 0.2) is 5.78 Å². The molecule has 1 saturated heterocycles. The second kappa shape index (κ2) is 7.71. The van der Waals surface area contributed by atoms with E-state index >= 15 is 0 Å². The summed E-state index contributed by atoms with van der Waals surface area (Å²) in [5, 5.41) is 0.714. The minimum absolute atomic E-state index is 0.0987. The minimum atomic E-state index is -0.0987. The Balaban J connectivity index is 1.73. The highest BCUT2D eigenvalue weighted by Crippen LogP contribution is 2.27. The number of benzene rings is 2. The quantitative estimate of drug-likeness (QED) is 0.727. The predicted octanol–water partition coefficient (Wildman–Crippen LogP) is 4.77. The summed E-state index contributed by atoms with van der Waals surface area (Å²) in [4.78, 5) is 15.0. The number of carbonyl (C=O) groups is 1. The summed E-state index contributed by atoms with van der Waals surface area (Å²) in [5.41, 5.74) is 2.30. The lowest BCUT2D eigenvalue weighted by Gasteiger charge is -2.26. The van der Waals surface area contributed by atoms with E-state index in [1.165, 1.54) is 17.1 Å². The Labute approximate surface area is 150 Å². The van der Waals surface area contributed by atoms with E-state index in [-0.39, 0.29) is 5.78 Å². The molecule has 23 heavy (non-hydrogen) atoms. The normalized spacial score (nSPS) is 15.6. The van der Waals surface area contributed by atoms with Crippen LogP contribution in [0.2, 0.25) is 10.0 Å². The topological polar surface area (TPSA) is 20.3 Å². The summed E-state index contributed by atoms with van der Waals surface area (Å²) >= 11 is 14.1. The first-order valence-electron chi connectivity index (χ1n) is 7.53. The van der Waals surface area contributed by atoms with Gasteiger partial charge in [0.1, 0.15) is 0 Å². The molecule has 0 N–H and O–H groups in total. The molecule has 2 aromatic rings. The van der Waals surface area contributed by atoms with Gasteiger partial charge in [-0.05, 0) is 17.7 Å². The summed E-state index contributed by atoms with van der Waals surface area (Å²) in [6, 6.07) is 12.9. The zero-order chi connectivity index (χ0) is 16.2. The third-order valence-electron chi connectivity index (χ3n) is 3.92. The van der Waals surface area contributed by atoms with Crippen molar-refractivity contribution in [2.75, 3.05) is 24.6 Å². The molecule has 0 aliphatic carbocycles. The van der Waals surface area contributed by atoms with Crippen LogP contribution in [0.15, 0.2) is 42.5 Å². The van der Waals surface area contributed by atoms with E-state index in [1.807, 2.05) is 36.0 Å². The molecule has 0 unspecified atom stereocenters. The summed E-state index contributed by atoms with van der Waals surface area (Å²) < 4.78 is 0. The van der Waals surface area contributed by atoms with Gasteiger partial charge in [0, 0.05) is 42.3 Å². The Bertz CT molecular complexity index is 697. The molecule has 0 spiro atoms. The monoisotopic (exact) mass is 365 g/mol. The maximum atomic E-state index is 12.6. The molecule has 0 aromatic heterocycles. The van der Waals surface area contributed by atoms with Crippen LogP contribution in [-0.2, 0) is 6.54 Å².